The van der Waals surface area contributed by atoms with Crippen molar-refractivity contribution < 1.29 is 14.3 Å². The number of ether oxygens (including phenoxy) is 2. The SMILES string of the molecule is CN1C(=N)C[C@](C)(c2cc(Br)cs2)[C@@H](c2ccc3c(c2)OCO3)C1=O. The number of amidine groups is 1. The lowest BCUT2D eigenvalue weighted by molar-refractivity contribution is -0.131. The number of benzene rings is 1. The van der Waals surface area contributed by atoms with Crippen molar-refractivity contribution in [2.45, 2.75) is 24.7 Å². The summed E-state index contributed by atoms with van der Waals surface area (Å²) < 4.78 is 11.9. The number of piperidine rings is 1. The van der Waals surface area contributed by atoms with Gasteiger partial charge in [-0.3, -0.25) is 10.2 Å². The highest BCUT2D eigenvalue weighted by atomic mass is 79.9. The van der Waals surface area contributed by atoms with E-state index in [1.165, 1.54) is 4.90 Å². The fraction of sp³-hybridized carbons (Fsp3) is 0.333. The molecule has 7 heteroatoms. The van der Waals surface area contributed by atoms with E-state index in [2.05, 4.69) is 28.9 Å². The number of fused-ring (bicyclic) bond motifs is 1. The third-order valence-electron chi connectivity index (χ3n) is 5.01. The van der Waals surface area contributed by atoms with E-state index in [-0.39, 0.29) is 18.6 Å². The number of nitrogens with one attached hydrogen (secondary N) is 1. The van der Waals surface area contributed by atoms with E-state index in [1.54, 1.807) is 18.4 Å². The molecule has 0 saturated carbocycles. The van der Waals surface area contributed by atoms with Crippen LogP contribution in [0.5, 0.6) is 11.5 Å². The second-order valence-corrected chi connectivity index (χ2v) is 8.44. The third-order valence-corrected chi connectivity index (χ3v) is 6.99. The average molecular weight is 421 g/mol. The lowest BCUT2D eigenvalue weighted by Gasteiger charge is -2.44. The zero-order valence-electron chi connectivity index (χ0n) is 13.8. The van der Waals surface area contributed by atoms with Crippen LogP contribution in [0.15, 0.2) is 34.1 Å². The smallest absolute Gasteiger partial charge is 0.236 e. The summed E-state index contributed by atoms with van der Waals surface area (Å²) in [5.41, 5.74) is 0.408. The highest BCUT2D eigenvalue weighted by Crippen LogP contribution is 2.49. The van der Waals surface area contributed by atoms with Gasteiger partial charge in [-0.2, -0.15) is 0 Å². The van der Waals surface area contributed by atoms with Crippen LogP contribution in [0.3, 0.4) is 0 Å². The number of hydrogen-bond donors (Lipinski definition) is 1. The maximum absolute atomic E-state index is 13.1. The molecule has 2 aliphatic rings. The van der Waals surface area contributed by atoms with Crippen LogP contribution in [0.2, 0.25) is 0 Å². The third kappa shape index (κ3) is 2.57. The molecule has 0 radical (unpaired) electrons. The Morgan fingerprint density at radius 3 is 2.80 bits per heavy atom. The van der Waals surface area contributed by atoms with Gasteiger partial charge in [-0.05, 0) is 39.7 Å². The minimum absolute atomic E-state index is 0.0675. The Bertz CT molecular complexity index is 881. The van der Waals surface area contributed by atoms with Crippen molar-refractivity contribution in [3.05, 3.63) is 44.6 Å². The zero-order chi connectivity index (χ0) is 17.8. The first-order valence-electron chi connectivity index (χ1n) is 7.89. The van der Waals surface area contributed by atoms with Crippen molar-refractivity contribution in [2.75, 3.05) is 13.8 Å². The van der Waals surface area contributed by atoms with Crippen LogP contribution in [0.1, 0.15) is 29.7 Å². The van der Waals surface area contributed by atoms with Crippen LogP contribution < -0.4 is 9.47 Å². The Morgan fingerprint density at radius 2 is 2.08 bits per heavy atom. The van der Waals surface area contributed by atoms with Gasteiger partial charge in [0.2, 0.25) is 12.7 Å². The van der Waals surface area contributed by atoms with Crippen LogP contribution in [0.25, 0.3) is 0 Å². The molecule has 0 aliphatic carbocycles. The highest BCUT2D eigenvalue weighted by molar-refractivity contribution is 9.10. The summed E-state index contributed by atoms with van der Waals surface area (Å²) in [4.78, 5) is 15.7. The molecule has 3 heterocycles. The maximum Gasteiger partial charge on any atom is 0.236 e. The molecular weight excluding hydrogens is 404 g/mol. The van der Waals surface area contributed by atoms with E-state index < -0.39 is 5.41 Å². The van der Waals surface area contributed by atoms with Gasteiger partial charge in [0.05, 0.1) is 5.92 Å². The first-order chi connectivity index (χ1) is 11.9. The van der Waals surface area contributed by atoms with Crippen LogP contribution in [-0.4, -0.2) is 30.5 Å². The molecule has 1 saturated heterocycles. The molecule has 5 nitrogen and oxygen atoms in total. The number of nitrogens with zero attached hydrogens (tertiary/aromatic N) is 1. The van der Waals surface area contributed by atoms with Crippen molar-refractivity contribution >= 4 is 39.0 Å². The first kappa shape index (κ1) is 16.6. The van der Waals surface area contributed by atoms with Gasteiger partial charge >= 0.3 is 0 Å². The quantitative estimate of drug-likeness (QED) is 0.794. The highest BCUT2D eigenvalue weighted by Gasteiger charge is 2.49. The second kappa shape index (κ2) is 5.85. The molecule has 1 aromatic heterocycles. The normalized spacial score (nSPS) is 25.6. The molecule has 2 atom stereocenters. The summed E-state index contributed by atoms with van der Waals surface area (Å²) in [5, 5.41) is 10.3. The van der Waals surface area contributed by atoms with Gasteiger partial charge in [0.1, 0.15) is 5.84 Å². The van der Waals surface area contributed by atoms with Gasteiger partial charge in [-0.25, -0.2) is 0 Å². The number of thiophene rings is 1. The van der Waals surface area contributed by atoms with E-state index in [1.807, 2.05) is 23.6 Å². The van der Waals surface area contributed by atoms with Gasteiger partial charge in [0, 0.05) is 33.6 Å². The monoisotopic (exact) mass is 420 g/mol. The van der Waals surface area contributed by atoms with Gasteiger partial charge in [0.15, 0.2) is 11.5 Å². The van der Waals surface area contributed by atoms with Crippen molar-refractivity contribution in [1.29, 1.82) is 5.41 Å². The van der Waals surface area contributed by atoms with Crippen LogP contribution in [0, 0.1) is 5.41 Å². The number of halogens is 1. The fourth-order valence-corrected chi connectivity index (χ4v) is 5.24. The molecule has 1 fully saturated rings. The predicted molar refractivity (Wildman–Crippen MR) is 99.8 cm³/mol. The van der Waals surface area contributed by atoms with E-state index >= 15 is 0 Å². The van der Waals surface area contributed by atoms with Crippen molar-refractivity contribution in [3.63, 3.8) is 0 Å². The van der Waals surface area contributed by atoms with Gasteiger partial charge in [0.25, 0.3) is 0 Å². The predicted octanol–water partition coefficient (Wildman–Crippen LogP) is 4.12. The minimum atomic E-state index is -0.481. The summed E-state index contributed by atoms with van der Waals surface area (Å²) in [6.07, 6.45) is 0.501. The Labute approximate surface area is 158 Å². The van der Waals surface area contributed by atoms with E-state index in [9.17, 15) is 4.79 Å². The Morgan fingerprint density at radius 1 is 1.32 bits per heavy atom. The van der Waals surface area contributed by atoms with Crippen LogP contribution >= 0.6 is 27.3 Å². The average Bonchev–Trinajstić information content (AvgIpc) is 3.21. The Hall–Kier alpha value is -1.86. The number of amides is 1. The molecule has 0 spiro atoms. The summed E-state index contributed by atoms with van der Waals surface area (Å²) in [5.74, 6) is 1.26. The molecule has 25 heavy (non-hydrogen) atoms. The minimum Gasteiger partial charge on any atom is -0.454 e. The zero-order valence-corrected chi connectivity index (χ0v) is 16.2. The molecule has 2 aliphatic heterocycles. The number of carbonyl (C=O) groups is 1. The number of carbonyl (C=O) groups excluding carboxylic acids is 1. The van der Waals surface area contributed by atoms with Crippen molar-refractivity contribution in [2.24, 2.45) is 0 Å². The number of likely N-dealkylation sites (N-methyl/N-ethyl adjacent to an activating group) is 1. The van der Waals surface area contributed by atoms with Crippen molar-refractivity contribution in [3.8, 4) is 11.5 Å². The van der Waals surface area contributed by atoms with Crippen molar-refractivity contribution in [1.82, 2.24) is 4.90 Å². The van der Waals surface area contributed by atoms with Gasteiger partial charge in [-0.15, -0.1) is 11.3 Å². The lowest BCUT2D eigenvalue weighted by atomic mass is 9.67. The molecule has 4 rings (SSSR count). The molecule has 1 aromatic carbocycles. The topological polar surface area (TPSA) is 62.6 Å². The fourth-order valence-electron chi connectivity index (χ4n) is 3.61. The van der Waals surface area contributed by atoms with E-state index in [0.29, 0.717) is 23.8 Å². The summed E-state index contributed by atoms with van der Waals surface area (Å²) >= 11 is 5.12. The van der Waals surface area contributed by atoms with E-state index in [4.69, 9.17) is 14.9 Å². The molecule has 130 valence electrons. The van der Waals surface area contributed by atoms with Crippen LogP contribution in [-0.2, 0) is 10.2 Å². The standard InChI is InChI=1S/C18H17BrN2O3S/c1-18(14-6-11(19)8-25-14)7-15(20)21(2)17(22)16(18)10-3-4-12-13(5-10)24-9-23-12/h3-6,8,16,20H,7,9H2,1-2H3/t16-,18+/m0/s1. The molecule has 0 bridgehead atoms. The van der Waals surface area contributed by atoms with Crippen LogP contribution in [0.4, 0.5) is 0 Å². The molecule has 0 unspecified atom stereocenters. The molecule has 2 aromatic rings. The number of hydrogen-bond acceptors (Lipinski definition) is 5. The van der Waals surface area contributed by atoms with Gasteiger partial charge in [-0.1, -0.05) is 13.0 Å². The lowest BCUT2D eigenvalue weighted by Crippen LogP contribution is -2.51. The largest absolute Gasteiger partial charge is 0.454 e. The second-order valence-electron chi connectivity index (χ2n) is 6.61. The maximum atomic E-state index is 13.1. The Kier molecular flexibility index (Phi) is 3.88. The van der Waals surface area contributed by atoms with E-state index in [0.717, 1.165) is 14.9 Å². The Balaban J connectivity index is 1.85. The summed E-state index contributed by atoms with van der Waals surface area (Å²) in [6.45, 7) is 2.27. The molecular formula is C18H17BrN2O3S. The van der Waals surface area contributed by atoms with Gasteiger partial charge < -0.3 is 14.4 Å². The number of likely N-dealkylation sites (tertiary alicyclic amines) is 1. The summed E-state index contributed by atoms with van der Waals surface area (Å²) in [6, 6.07) is 7.74. The number of rotatable bonds is 2. The first-order valence-corrected chi connectivity index (χ1v) is 9.56. The molecule has 1 amide bonds. The molecule has 1 N–H and O–H groups in total. The summed E-state index contributed by atoms with van der Waals surface area (Å²) in [7, 11) is 1.68.